The van der Waals surface area contributed by atoms with Crippen LogP contribution >= 0.6 is 0 Å². The van der Waals surface area contributed by atoms with Crippen LogP contribution in [0, 0.1) is 11.8 Å². The summed E-state index contributed by atoms with van der Waals surface area (Å²) in [7, 11) is 0. The molecule has 0 aliphatic carbocycles. The molecule has 4 aromatic heterocycles. The number of carbonyl (C=O) groups is 4. The third kappa shape index (κ3) is 9.22. The van der Waals surface area contributed by atoms with E-state index in [9.17, 15) is 19.2 Å². The van der Waals surface area contributed by atoms with E-state index in [1.807, 2.05) is 74.0 Å². The highest BCUT2D eigenvalue weighted by atomic mass is 16.6. The molecule has 4 N–H and O–H groups in total. The van der Waals surface area contributed by atoms with Gasteiger partial charge in [-0.15, -0.1) is 0 Å². The first kappa shape index (κ1) is 46.9. The summed E-state index contributed by atoms with van der Waals surface area (Å²) in [6.45, 7) is 8.76. The number of benzene rings is 6. The number of ether oxygens (including phenoxy) is 2. The summed E-state index contributed by atoms with van der Waals surface area (Å²) < 4.78 is 17.3. The molecule has 2 saturated heterocycles. The third-order valence-electron chi connectivity index (χ3n) is 14.2. The van der Waals surface area contributed by atoms with Crippen LogP contribution in [-0.4, -0.2) is 78.9 Å². The Labute approximate surface area is 421 Å². The molecular formula is C58H56N8O7. The van der Waals surface area contributed by atoms with Crippen LogP contribution in [0.3, 0.4) is 0 Å². The summed E-state index contributed by atoms with van der Waals surface area (Å²) in [5.74, 6) is 1.55. The average Bonchev–Trinajstić information content (AvgIpc) is 4.28. The van der Waals surface area contributed by atoms with Gasteiger partial charge in [0, 0.05) is 23.9 Å². The molecule has 9 aromatic rings. The first-order valence-electron chi connectivity index (χ1n) is 25.1. The molecule has 11 rings (SSSR count). The lowest BCUT2D eigenvalue weighted by Gasteiger charge is -2.30. The lowest BCUT2D eigenvalue weighted by molar-refractivity contribution is -0.136. The summed E-state index contributed by atoms with van der Waals surface area (Å²) in [6.07, 6.45) is 3.60. The second-order valence-electron chi connectivity index (χ2n) is 19.7. The van der Waals surface area contributed by atoms with E-state index >= 15 is 0 Å². The fourth-order valence-electron chi connectivity index (χ4n) is 10.6. The zero-order valence-electron chi connectivity index (χ0n) is 41.1. The topological polar surface area (TPSA) is 188 Å². The van der Waals surface area contributed by atoms with Gasteiger partial charge in [-0.05, 0) is 114 Å². The normalized spacial score (nSPS) is 16.7. The fraction of sp³-hybridized carbons (Fsp3) is 0.276. The number of aromatic nitrogens is 4. The van der Waals surface area contributed by atoms with Crippen molar-refractivity contribution in [1.82, 2.24) is 40.4 Å². The van der Waals surface area contributed by atoms with Crippen LogP contribution in [-0.2, 0) is 9.59 Å². The first-order chi connectivity index (χ1) is 35.5. The Balaban J connectivity index is 0.798. The molecule has 4 amide bonds. The van der Waals surface area contributed by atoms with Gasteiger partial charge < -0.3 is 44.3 Å². The zero-order valence-corrected chi connectivity index (χ0v) is 41.1. The van der Waals surface area contributed by atoms with E-state index in [1.54, 1.807) is 48.5 Å². The Kier molecular flexibility index (Phi) is 12.6. The number of para-hydroxylation sites is 2. The van der Waals surface area contributed by atoms with Gasteiger partial charge in [0.25, 0.3) is 0 Å². The number of fused-ring (bicyclic) bond motifs is 6. The summed E-state index contributed by atoms with van der Waals surface area (Å²) in [4.78, 5) is 74.4. The molecule has 73 heavy (non-hydrogen) atoms. The maximum atomic E-state index is 14.1. The van der Waals surface area contributed by atoms with Crippen LogP contribution in [0.5, 0.6) is 11.5 Å². The molecule has 6 heterocycles. The van der Waals surface area contributed by atoms with Crippen molar-refractivity contribution < 1.29 is 33.1 Å². The zero-order chi connectivity index (χ0) is 50.3. The van der Waals surface area contributed by atoms with Crippen molar-refractivity contribution in [3.63, 3.8) is 0 Å². The molecular weight excluding hydrogens is 921 g/mol. The predicted molar refractivity (Wildman–Crippen MR) is 279 cm³/mol. The van der Waals surface area contributed by atoms with Crippen LogP contribution in [0.15, 0.2) is 138 Å². The second kappa shape index (κ2) is 19.6. The van der Waals surface area contributed by atoms with Gasteiger partial charge in [0.15, 0.2) is 0 Å². The molecule has 15 nitrogen and oxygen atoms in total. The molecule has 0 unspecified atom stereocenters. The van der Waals surface area contributed by atoms with Gasteiger partial charge in [0.1, 0.15) is 46.4 Å². The van der Waals surface area contributed by atoms with Crippen molar-refractivity contribution >= 4 is 57.0 Å². The quantitative estimate of drug-likeness (QED) is 0.0872. The lowest BCUT2D eigenvalue weighted by Crippen LogP contribution is -2.51. The summed E-state index contributed by atoms with van der Waals surface area (Å²) in [6, 6.07) is 38.4. The largest absolute Gasteiger partial charge is 0.456 e. The highest BCUT2D eigenvalue weighted by Gasteiger charge is 2.39. The first-order valence-corrected chi connectivity index (χ1v) is 25.1. The van der Waals surface area contributed by atoms with Crippen molar-refractivity contribution in [2.75, 3.05) is 13.1 Å². The van der Waals surface area contributed by atoms with E-state index in [-0.39, 0.29) is 35.7 Å². The van der Waals surface area contributed by atoms with Gasteiger partial charge in [-0.25, -0.2) is 19.6 Å². The molecule has 2 bridgehead atoms. The number of aromatic amines is 2. The average molecular weight is 977 g/mol. The number of nitrogens with one attached hydrogen (secondary N) is 4. The van der Waals surface area contributed by atoms with Crippen molar-refractivity contribution in [3.8, 4) is 45.0 Å². The number of imidazole rings is 2. The SMILES string of the molecule is CC(C)[C@H](NC(=O)Oc1ccccc1)C(=O)N1CCC[C@H]1c1ncc(-c2ccc(-c3ccc(-c4ccc5nc([C@@H]6CCCN6C(=O)[C@@H](NC(=O)Oc6ccccc6)C(C)C)[nH]c5c4)c4c5ccc(o5)c34)cc2)[nH]1. The van der Waals surface area contributed by atoms with E-state index in [2.05, 4.69) is 69.1 Å². The molecule has 370 valence electrons. The maximum absolute atomic E-state index is 14.1. The summed E-state index contributed by atoms with van der Waals surface area (Å²) in [5.41, 5.74) is 9.15. The van der Waals surface area contributed by atoms with Crippen molar-refractivity contribution in [1.29, 1.82) is 0 Å². The number of hydrogen-bond acceptors (Lipinski definition) is 9. The van der Waals surface area contributed by atoms with Gasteiger partial charge in [-0.2, -0.15) is 0 Å². The van der Waals surface area contributed by atoms with Gasteiger partial charge in [0.2, 0.25) is 11.8 Å². The monoisotopic (exact) mass is 976 g/mol. The van der Waals surface area contributed by atoms with Crippen LogP contribution in [0.25, 0.3) is 66.5 Å². The molecule has 2 aliphatic rings. The van der Waals surface area contributed by atoms with Gasteiger partial charge in [-0.3, -0.25) is 9.59 Å². The van der Waals surface area contributed by atoms with E-state index in [0.29, 0.717) is 36.2 Å². The Hall–Kier alpha value is -8.46. The number of likely N-dealkylation sites (tertiary alicyclic amines) is 2. The van der Waals surface area contributed by atoms with E-state index in [4.69, 9.17) is 23.9 Å². The molecule has 2 aliphatic heterocycles. The summed E-state index contributed by atoms with van der Waals surface area (Å²) >= 11 is 0. The van der Waals surface area contributed by atoms with Crippen molar-refractivity contribution in [2.24, 2.45) is 11.8 Å². The van der Waals surface area contributed by atoms with Crippen LogP contribution < -0.4 is 20.1 Å². The third-order valence-corrected chi connectivity index (χ3v) is 14.2. The molecule has 5 aromatic carbocycles. The Morgan fingerprint density at radius 2 is 1.11 bits per heavy atom. The molecule has 4 atom stereocenters. The van der Waals surface area contributed by atoms with Crippen LogP contribution in [0.2, 0.25) is 0 Å². The van der Waals surface area contributed by atoms with Gasteiger partial charge in [-0.1, -0.05) is 107 Å². The van der Waals surface area contributed by atoms with Crippen molar-refractivity contribution in [2.45, 2.75) is 77.5 Å². The number of rotatable bonds is 13. The lowest BCUT2D eigenvalue weighted by atomic mass is 9.91. The van der Waals surface area contributed by atoms with E-state index in [0.717, 1.165) is 92.2 Å². The minimum Gasteiger partial charge on any atom is -0.456 e. The summed E-state index contributed by atoms with van der Waals surface area (Å²) in [5, 5.41) is 7.69. The molecule has 15 heteroatoms. The number of hydrogen-bond donors (Lipinski definition) is 4. The van der Waals surface area contributed by atoms with Crippen LogP contribution in [0.1, 0.15) is 77.1 Å². The fourth-order valence-corrected chi connectivity index (χ4v) is 10.6. The highest BCUT2D eigenvalue weighted by molar-refractivity contribution is 6.19. The van der Waals surface area contributed by atoms with E-state index in [1.165, 1.54) is 0 Å². The molecule has 0 saturated carbocycles. The number of nitrogens with zero attached hydrogens (tertiary/aromatic N) is 4. The maximum Gasteiger partial charge on any atom is 0.413 e. The molecule has 0 radical (unpaired) electrons. The smallest absolute Gasteiger partial charge is 0.413 e. The predicted octanol–water partition coefficient (Wildman–Crippen LogP) is 11.6. The number of carbonyl (C=O) groups excluding carboxylic acids is 4. The minimum absolute atomic E-state index is 0.167. The number of H-pyrrole nitrogens is 2. The number of amides is 4. The standard InChI is InChI=1S/C58H56N8O7/c1-33(2)51(63-57(69)71-38-13-7-5-8-14-38)55(67)65-29-11-17-45(65)53-59-32-44(62-53)36-21-19-35(20-22-36)40-24-25-41(50-48-28-27-47(73-48)49(40)50)37-23-26-42-43(31-37)61-54(60-42)46-18-12-30-66(46)56(68)52(34(3)4)64-58(70)72-39-15-9-6-10-16-39/h5-10,13-16,19-28,31-34,45-46,51-52H,11-12,17-18,29-30H2,1-4H3,(H,59,62)(H,60,61)(H,63,69)(H,64,70)/t45-,46-,51-,52-/m0/s1. The molecule has 2 fully saturated rings. The Morgan fingerprint density at radius 1 is 0.603 bits per heavy atom. The second-order valence-corrected chi connectivity index (χ2v) is 19.7. The van der Waals surface area contributed by atoms with E-state index < -0.39 is 24.3 Å². The van der Waals surface area contributed by atoms with Crippen molar-refractivity contribution in [3.05, 3.63) is 145 Å². The highest BCUT2D eigenvalue weighted by Crippen LogP contribution is 2.45. The Bertz CT molecular complexity index is 3460. The van der Waals surface area contributed by atoms with Crippen LogP contribution in [0.4, 0.5) is 9.59 Å². The number of furan rings is 2. The Morgan fingerprint density at radius 3 is 1.66 bits per heavy atom. The molecule has 0 spiro atoms. The van der Waals surface area contributed by atoms with Gasteiger partial charge in [0.05, 0.1) is 35.0 Å². The van der Waals surface area contributed by atoms with Gasteiger partial charge >= 0.3 is 12.2 Å². The minimum atomic E-state index is -0.773.